The molecule has 1 nitrogen and oxygen atoms in total. The van der Waals surface area contributed by atoms with Gasteiger partial charge in [0.05, 0.1) is 0 Å². The molecule has 1 aromatic carbocycles. The molecule has 0 saturated heterocycles. The van der Waals surface area contributed by atoms with Crippen LogP contribution in [0.1, 0.15) is 55.9 Å². The Bertz CT molecular complexity index is 372. The zero-order valence-electron chi connectivity index (χ0n) is 13.6. The standard InChI is InChI=1S/C18H31N/c1-7-9-19-18(14(4)8-2)12-17-15(5)10-13(3)11-16(17)6/h10-11,14,18-19H,7-9,12H2,1-6H3. The first-order chi connectivity index (χ1) is 8.99. The zero-order valence-corrected chi connectivity index (χ0v) is 13.6. The summed E-state index contributed by atoms with van der Waals surface area (Å²) in [5.41, 5.74) is 5.81. The van der Waals surface area contributed by atoms with Gasteiger partial charge in [-0.3, -0.25) is 0 Å². The summed E-state index contributed by atoms with van der Waals surface area (Å²) in [7, 11) is 0. The fourth-order valence-corrected chi connectivity index (χ4v) is 2.84. The first-order valence-corrected chi connectivity index (χ1v) is 7.79. The molecule has 1 aromatic rings. The Hall–Kier alpha value is -0.820. The van der Waals surface area contributed by atoms with Crippen LogP contribution in [0.25, 0.3) is 0 Å². The van der Waals surface area contributed by atoms with Gasteiger partial charge < -0.3 is 5.32 Å². The highest BCUT2D eigenvalue weighted by atomic mass is 14.9. The molecule has 0 fully saturated rings. The van der Waals surface area contributed by atoms with Crippen LogP contribution in [0.5, 0.6) is 0 Å². The lowest BCUT2D eigenvalue weighted by Gasteiger charge is -2.26. The van der Waals surface area contributed by atoms with E-state index in [0.717, 1.165) is 18.9 Å². The van der Waals surface area contributed by atoms with Gasteiger partial charge in [-0.15, -0.1) is 0 Å². The zero-order chi connectivity index (χ0) is 14.4. The van der Waals surface area contributed by atoms with E-state index in [4.69, 9.17) is 0 Å². The fraction of sp³-hybridized carbons (Fsp3) is 0.667. The van der Waals surface area contributed by atoms with Crippen molar-refractivity contribution in [3.05, 3.63) is 34.4 Å². The van der Waals surface area contributed by atoms with Gasteiger partial charge in [0.2, 0.25) is 0 Å². The molecular formula is C18H31N. The number of aryl methyl sites for hydroxylation is 3. The largest absolute Gasteiger partial charge is 0.313 e. The first-order valence-electron chi connectivity index (χ1n) is 7.79. The summed E-state index contributed by atoms with van der Waals surface area (Å²) in [6.07, 6.45) is 3.61. The molecule has 0 heterocycles. The summed E-state index contributed by atoms with van der Waals surface area (Å²) in [6.45, 7) is 14.7. The molecule has 0 radical (unpaired) electrons. The van der Waals surface area contributed by atoms with E-state index < -0.39 is 0 Å². The van der Waals surface area contributed by atoms with E-state index in [9.17, 15) is 0 Å². The number of nitrogens with one attached hydrogen (secondary N) is 1. The van der Waals surface area contributed by atoms with Gasteiger partial charge in [-0.05, 0) is 62.8 Å². The maximum absolute atomic E-state index is 3.74. The highest BCUT2D eigenvalue weighted by Crippen LogP contribution is 2.21. The molecule has 2 unspecified atom stereocenters. The molecule has 1 rings (SSSR count). The third-order valence-corrected chi connectivity index (χ3v) is 4.25. The van der Waals surface area contributed by atoms with Crippen molar-refractivity contribution in [2.45, 2.75) is 66.8 Å². The van der Waals surface area contributed by atoms with Crippen molar-refractivity contribution in [1.29, 1.82) is 0 Å². The maximum atomic E-state index is 3.74. The van der Waals surface area contributed by atoms with Crippen LogP contribution in [0.3, 0.4) is 0 Å². The molecular weight excluding hydrogens is 230 g/mol. The van der Waals surface area contributed by atoms with Crippen LogP contribution in [0.4, 0.5) is 0 Å². The molecule has 0 bridgehead atoms. The van der Waals surface area contributed by atoms with Gasteiger partial charge in [-0.25, -0.2) is 0 Å². The number of hydrogen-bond donors (Lipinski definition) is 1. The second-order valence-corrected chi connectivity index (χ2v) is 6.03. The topological polar surface area (TPSA) is 12.0 Å². The molecule has 0 spiro atoms. The van der Waals surface area contributed by atoms with Crippen molar-refractivity contribution in [3.8, 4) is 0 Å². The summed E-state index contributed by atoms with van der Waals surface area (Å²) in [6, 6.07) is 5.23. The molecule has 0 aliphatic heterocycles. The van der Waals surface area contributed by atoms with Crippen LogP contribution < -0.4 is 5.32 Å². The van der Waals surface area contributed by atoms with Crippen molar-refractivity contribution in [3.63, 3.8) is 0 Å². The van der Waals surface area contributed by atoms with Crippen LogP contribution in [0.15, 0.2) is 12.1 Å². The second kappa shape index (κ2) is 7.69. The van der Waals surface area contributed by atoms with Crippen molar-refractivity contribution < 1.29 is 0 Å². The lowest BCUT2D eigenvalue weighted by atomic mass is 9.88. The van der Waals surface area contributed by atoms with Gasteiger partial charge in [0.15, 0.2) is 0 Å². The molecule has 2 atom stereocenters. The number of benzene rings is 1. The minimum Gasteiger partial charge on any atom is -0.313 e. The number of hydrogen-bond acceptors (Lipinski definition) is 1. The smallest absolute Gasteiger partial charge is 0.0133 e. The van der Waals surface area contributed by atoms with E-state index in [1.165, 1.54) is 29.5 Å². The van der Waals surface area contributed by atoms with E-state index in [2.05, 4.69) is 59.0 Å². The quantitative estimate of drug-likeness (QED) is 0.758. The van der Waals surface area contributed by atoms with Gasteiger partial charge in [-0.1, -0.05) is 44.9 Å². The van der Waals surface area contributed by atoms with Crippen LogP contribution in [-0.4, -0.2) is 12.6 Å². The Morgan fingerprint density at radius 2 is 1.63 bits per heavy atom. The second-order valence-electron chi connectivity index (χ2n) is 6.03. The normalized spacial score (nSPS) is 14.4. The van der Waals surface area contributed by atoms with E-state index >= 15 is 0 Å². The molecule has 0 aliphatic rings. The third-order valence-electron chi connectivity index (χ3n) is 4.25. The monoisotopic (exact) mass is 261 g/mol. The van der Waals surface area contributed by atoms with Crippen molar-refractivity contribution in [2.75, 3.05) is 6.54 Å². The maximum Gasteiger partial charge on any atom is 0.0133 e. The summed E-state index contributed by atoms with van der Waals surface area (Å²) in [5.74, 6) is 0.728. The minimum atomic E-state index is 0.602. The summed E-state index contributed by atoms with van der Waals surface area (Å²) < 4.78 is 0. The fourth-order valence-electron chi connectivity index (χ4n) is 2.84. The molecule has 108 valence electrons. The van der Waals surface area contributed by atoms with Crippen LogP contribution in [-0.2, 0) is 6.42 Å². The lowest BCUT2D eigenvalue weighted by Crippen LogP contribution is -2.37. The Balaban J connectivity index is 2.89. The molecule has 0 aliphatic carbocycles. The lowest BCUT2D eigenvalue weighted by molar-refractivity contribution is 0.364. The first kappa shape index (κ1) is 16.2. The molecule has 1 heteroatoms. The van der Waals surface area contributed by atoms with Gasteiger partial charge >= 0.3 is 0 Å². The Morgan fingerprint density at radius 3 is 2.11 bits per heavy atom. The van der Waals surface area contributed by atoms with Crippen LogP contribution >= 0.6 is 0 Å². The van der Waals surface area contributed by atoms with Crippen LogP contribution in [0.2, 0.25) is 0 Å². The minimum absolute atomic E-state index is 0.602. The van der Waals surface area contributed by atoms with Gasteiger partial charge in [0, 0.05) is 6.04 Å². The van der Waals surface area contributed by atoms with E-state index in [0.29, 0.717) is 6.04 Å². The van der Waals surface area contributed by atoms with E-state index in [1.54, 1.807) is 5.56 Å². The Labute approximate surface area is 119 Å². The van der Waals surface area contributed by atoms with E-state index in [-0.39, 0.29) is 0 Å². The Kier molecular flexibility index (Phi) is 6.57. The van der Waals surface area contributed by atoms with Crippen LogP contribution in [0, 0.1) is 26.7 Å². The average Bonchev–Trinajstić information content (AvgIpc) is 2.36. The highest BCUT2D eigenvalue weighted by Gasteiger charge is 2.17. The number of rotatable bonds is 7. The molecule has 1 N–H and O–H groups in total. The predicted molar refractivity (Wildman–Crippen MR) is 85.9 cm³/mol. The SMILES string of the molecule is CCCNC(Cc1c(C)cc(C)cc1C)C(C)CC. The Morgan fingerprint density at radius 1 is 1.05 bits per heavy atom. The molecule has 0 saturated carbocycles. The predicted octanol–water partition coefficient (Wildman–Crippen LogP) is 4.57. The molecule has 0 amide bonds. The van der Waals surface area contributed by atoms with Gasteiger partial charge in [0.1, 0.15) is 0 Å². The average molecular weight is 261 g/mol. The van der Waals surface area contributed by atoms with Crippen molar-refractivity contribution >= 4 is 0 Å². The highest BCUT2D eigenvalue weighted by molar-refractivity contribution is 5.38. The van der Waals surface area contributed by atoms with Gasteiger partial charge in [-0.2, -0.15) is 0 Å². The molecule has 19 heavy (non-hydrogen) atoms. The van der Waals surface area contributed by atoms with Crippen molar-refractivity contribution in [1.82, 2.24) is 5.32 Å². The van der Waals surface area contributed by atoms with E-state index in [1.807, 2.05) is 0 Å². The summed E-state index contributed by atoms with van der Waals surface area (Å²) >= 11 is 0. The summed E-state index contributed by atoms with van der Waals surface area (Å²) in [5, 5.41) is 3.74. The van der Waals surface area contributed by atoms with Crippen molar-refractivity contribution in [2.24, 2.45) is 5.92 Å². The summed E-state index contributed by atoms with van der Waals surface area (Å²) in [4.78, 5) is 0. The molecule has 0 aromatic heterocycles. The van der Waals surface area contributed by atoms with Gasteiger partial charge in [0.25, 0.3) is 0 Å². The third kappa shape index (κ3) is 4.65.